The van der Waals surface area contributed by atoms with Gasteiger partial charge in [-0.2, -0.15) is 5.10 Å². The molecular weight excluding hydrogens is 200 g/mol. The lowest BCUT2D eigenvalue weighted by Gasteiger charge is -2.33. The first-order chi connectivity index (χ1) is 7.58. The van der Waals surface area contributed by atoms with Gasteiger partial charge in [0.25, 0.3) is 0 Å². The van der Waals surface area contributed by atoms with Gasteiger partial charge < -0.3 is 10.6 Å². The average molecular weight is 222 g/mol. The van der Waals surface area contributed by atoms with E-state index in [1.165, 1.54) is 25.7 Å². The molecule has 1 heterocycles. The van der Waals surface area contributed by atoms with Crippen LogP contribution >= 0.6 is 0 Å². The molecule has 0 amide bonds. The van der Waals surface area contributed by atoms with Crippen LogP contribution in [0.1, 0.15) is 32.6 Å². The number of nitrogens with zero attached hydrogens (tertiary/aromatic N) is 3. The normalized spacial score (nSPS) is 25.7. The molecule has 0 atom stereocenters. The Bertz CT molecular complexity index is 350. The lowest BCUT2D eigenvalue weighted by molar-refractivity contribution is 0.340. The summed E-state index contributed by atoms with van der Waals surface area (Å²) in [5.74, 6) is 1.81. The summed E-state index contributed by atoms with van der Waals surface area (Å²) in [6, 6.07) is 0.605. The van der Waals surface area contributed by atoms with E-state index in [0.717, 1.165) is 17.4 Å². The van der Waals surface area contributed by atoms with E-state index in [1.807, 2.05) is 13.2 Å². The third-order valence-corrected chi connectivity index (χ3v) is 3.70. The molecule has 0 radical (unpaired) electrons. The maximum atomic E-state index is 5.95. The Hall–Kier alpha value is -1.19. The van der Waals surface area contributed by atoms with Gasteiger partial charge in [0.1, 0.15) is 0 Å². The van der Waals surface area contributed by atoms with E-state index in [0.29, 0.717) is 6.04 Å². The second kappa shape index (κ2) is 4.36. The van der Waals surface area contributed by atoms with Crippen molar-refractivity contribution in [3.8, 4) is 0 Å². The topological polar surface area (TPSA) is 47.1 Å². The number of nitrogen functional groups attached to an aromatic ring is 1. The smallest absolute Gasteiger partial charge is 0.173 e. The summed E-state index contributed by atoms with van der Waals surface area (Å²) in [6.07, 6.45) is 7.03. The molecule has 0 spiro atoms. The molecule has 1 saturated carbocycles. The Kier molecular flexibility index (Phi) is 3.08. The summed E-state index contributed by atoms with van der Waals surface area (Å²) in [7, 11) is 4.02. The fourth-order valence-electron chi connectivity index (χ4n) is 2.57. The summed E-state index contributed by atoms with van der Waals surface area (Å²) in [5, 5.41) is 4.42. The molecule has 0 unspecified atom stereocenters. The second-order valence-corrected chi connectivity index (χ2v) is 5.11. The van der Waals surface area contributed by atoms with Crippen molar-refractivity contribution >= 4 is 11.5 Å². The van der Waals surface area contributed by atoms with Gasteiger partial charge in [-0.15, -0.1) is 0 Å². The maximum absolute atomic E-state index is 5.95. The van der Waals surface area contributed by atoms with Gasteiger partial charge in [0.2, 0.25) is 0 Å². The van der Waals surface area contributed by atoms with Gasteiger partial charge in [0, 0.05) is 26.3 Å². The van der Waals surface area contributed by atoms with Crippen LogP contribution in [0.3, 0.4) is 0 Å². The molecule has 90 valence electrons. The fraction of sp³-hybridized carbons (Fsp3) is 0.750. The second-order valence-electron chi connectivity index (χ2n) is 5.11. The Balaban J connectivity index is 2.07. The number of aryl methyl sites for hydroxylation is 1. The predicted molar refractivity (Wildman–Crippen MR) is 67.4 cm³/mol. The Morgan fingerprint density at radius 2 is 2.00 bits per heavy atom. The molecule has 1 aromatic rings. The Labute approximate surface area is 97.4 Å². The standard InChI is InChI=1S/C12H22N4/c1-9-4-6-10(7-5-9)16(3)12-11(13)8-15(2)14-12/h8-10H,4-7,13H2,1-3H3. The minimum Gasteiger partial charge on any atom is -0.394 e. The van der Waals surface area contributed by atoms with Crippen molar-refractivity contribution in [2.75, 3.05) is 17.7 Å². The Morgan fingerprint density at radius 1 is 1.38 bits per heavy atom. The van der Waals surface area contributed by atoms with Gasteiger partial charge in [0.15, 0.2) is 5.82 Å². The van der Waals surface area contributed by atoms with Gasteiger partial charge in [-0.25, -0.2) is 0 Å². The van der Waals surface area contributed by atoms with Crippen LogP contribution in [0.4, 0.5) is 11.5 Å². The molecule has 1 aromatic heterocycles. The first-order valence-corrected chi connectivity index (χ1v) is 6.10. The summed E-state index contributed by atoms with van der Waals surface area (Å²) in [6.45, 7) is 2.34. The molecule has 2 N–H and O–H groups in total. The van der Waals surface area contributed by atoms with Crippen LogP contribution in [-0.2, 0) is 7.05 Å². The molecule has 4 heteroatoms. The van der Waals surface area contributed by atoms with Crippen molar-refractivity contribution in [3.63, 3.8) is 0 Å². The number of rotatable bonds is 2. The van der Waals surface area contributed by atoms with Crippen molar-refractivity contribution in [2.45, 2.75) is 38.6 Å². The highest BCUT2D eigenvalue weighted by molar-refractivity contribution is 5.61. The fourth-order valence-corrected chi connectivity index (χ4v) is 2.57. The molecule has 0 bridgehead atoms. The molecule has 1 aliphatic rings. The molecule has 0 aromatic carbocycles. The highest BCUT2D eigenvalue weighted by Crippen LogP contribution is 2.30. The summed E-state index contributed by atoms with van der Waals surface area (Å²) in [5.41, 5.74) is 6.73. The van der Waals surface area contributed by atoms with E-state index in [-0.39, 0.29) is 0 Å². The number of anilines is 2. The van der Waals surface area contributed by atoms with Crippen LogP contribution in [0.25, 0.3) is 0 Å². The molecule has 0 aliphatic heterocycles. The zero-order valence-electron chi connectivity index (χ0n) is 10.5. The minimum absolute atomic E-state index is 0.605. The third kappa shape index (κ3) is 2.15. The highest BCUT2D eigenvalue weighted by Gasteiger charge is 2.24. The van der Waals surface area contributed by atoms with E-state index >= 15 is 0 Å². The first-order valence-electron chi connectivity index (χ1n) is 6.10. The summed E-state index contributed by atoms with van der Waals surface area (Å²) in [4.78, 5) is 2.25. The zero-order valence-corrected chi connectivity index (χ0v) is 10.5. The molecule has 2 rings (SSSR count). The highest BCUT2D eigenvalue weighted by atomic mass is 15.3. The maximum Gasteiger partial charge on any atom is 0.173 e. The van der Waals surface area contributed by atoms with Gasteiger partial charge >= 0.3 is 0 Å². The van der Waals surface area contributed by atoms with Crippen molar-refractivity contribution in [1.82, 2.24) is 9.78 Å². The van der Waals surface area contributed by atoms with Crippen LogP contribution < -0.4 is 10.6 Å². The monoisotopic (exact) mass is 222 g/mol. The van der Waals surface area contributed by atoms with E-state index in [1.54, 1.807) is 4.68 Å². The third-order valence-electron chi connectivity index (χ3n) is 3.70. The quantitative estimate of drug-likeness (QED) is 0.832. The van der Waals surface area contributed by atoms with Crippen LogP contribution in [0.5, 0.6) is 0 Å². The molecule has 1 aliphatic carbocycles. The van der Waals surface area contributed by atoms with Gasteiger partial charge in [-0.05, 0) is 31.6 Å². The van der Waals surface area contributed by atoms with Crippen LogP contribution in [0, 0.1) is 5.92 Å². The van der Waals surface area contributed by atoms with Crippen LogP contribution in [0.2, 0.25) is 0 Å². The molecule has 0 saturated heterocycles. The number of hydrogen-bond acceptors (Lipinski definition) is 3. The first kappa shape index (κ1) is 11.3. The van der Waals surface area contributed by atoms with Crippen LogP contribution in [0.15, 0.2) is 6.20 Å². The molecule has 1 fully saturated rings. The Morgan fingerprint density at radius 3 is 2.50 bits per heavy atom. The van der Waals surface area contributed by atoms with Gasteiger partial charge in [-0.1, -0.05) is 6.92 Å². The van der Waals surface area contributed by atoms with Crippen molar-refractivity contribution < 1.29 is 0 Å². The average Bonchev–Trinajstić information content (AvgIpc) is 2.58. The zero-order chi connectivity index (χ0) is 11.7. The number of hydrogen-bond donors (Lipinski definition) is 1. The van der Waals surface area contributed by atoms with E-state index in [2.05, 4.69) is 24.0 Å². The minimum atomic E-state index is 0.605. The largest absolute Gasteiger partial charge is 0.394 e. The number of nitrogens with two attached hydrogens (primary N) is 1. The van der Waals surface area contributed by atoms with Crippen LogP contribution in [-0.4, -0.2) is 22.9 Å². The van der Waals surface area contributed by atoms with E-state index in [4.69, 9.17) is 5.73 Å². The summed E-state index contributed by atoms with van der Waals surface area (Å²) < 4.78 is 1.78. The van der Waals surface area contributed by atoms with Crippen molar-refractivity contribution in [3.05, 3.63) is 6.20 Å². The van der Waals surface area contributed by atoms with Gasteiger partial charge in [0.05, 0.1) is 5.69 Å². The lowest BCUT2D eigenvalue weighted by atomic mass is 9.87. The number of aromatic nitrogens is 2. The summed E-state index contributed by atoms with van der Waals surface area (Å²) >= 11 is 0. The molecule has 16 heavy (non-hydrogen) atoms. The van der Waals surface area contributed by atoms with E-state index in [9.17, 15) is 0 Å². The molecular formula is C12H22N4. The van der Waals surface area contributed by atoms with Gasteiger partial charge in [-0.3, -0.25) is 4.68 Å². The van der Waals surface area contributed by atoms with Crippen molar-refractivity contribution in [2.24, 2.45) is 13.0 Å². The van der Waals surface area contributed by atoms with Crippen molar-refractivity contribution in [1.29, 1.82) is 0 Å². The SMILES string of the molecule is CC1CCC(N(C)c2nn(C)cc2N)CC1. The van der Waals surface area contributed by atoms with E-state index < -0.39 is 0 Å². The molecule has 4 nitrogen and oxygen atoms in total. The predicted octanol–water partition coefficient (Wildman–Crippen LogP) is 2.02. The lowest BCUT2D eigenvalue weighted by Crippen LogP contribution is -2.35.